The van der Waals surface area contributed by atoms with Crippen molar-refractivity contribution >= 4 is 0 Å². The molecule has 112 valence electrons. The van der Waals surface area contributed by atoms with E-state index in [0.29, 0.717) is 6.61 Å². The number of nitrogens with zero attached hydrogens (tertiary/aromatic N) is 1. The van der Waals surface area contributed by atoms with Crippen molar-refractivity contribution in [2.75, 3.05) is 6.61 Å². The van der Waals surface area contributed by atoms with Crippen LogP contribution in [-0.2, 0) is 6.42 Å². The molecule has 1 heterocycles. The van der Waals surface area contributed by atoms with Crippen molar-refractivity contribution in [2.24, 2.45) is 0 Å². The first-order valence-electron chi connectivity index (χ1n) is 7.60. The predicted molar refractivity (Wildman–Crippen MR) is 89.0 cm³/mol. The molecule has 3 rings (SSSR count). The molecule has 1 aromatic heterocycles. The molecule has 1 N–H and O–H groups in total. The average molecular weight is 292 g/mol. The molecule has 2 aromatic carbocycles. The largest absolute Gasteiger partial charge is 0.494 e. The lowest BCUT2D eigenvalue weighted by molar-refractivity contribution is 0.310. The molecule has 22 heavy (non-hydrogen) atoms. The minimum atomic E-state index is 0.705. The second-order valence-corrected chi connectivity index (χ2v) is 5.32. The normalized spacial score (nSPS) is 10.6. The molecule has 0 unspecified atom stereocenters. The molecule has 0 saturated carbocycles. The highest BCUT2D eigenvalue weighted by molar-refractivity contribution is 5.63. The molecular weight excluding hydrogens is 272 g/mol. The van der Waals surface area contributed by atoms with Crippen LogP contribution in [0, 0.1) is 6.92 Å². The quantitative estimate of drug-likeness (QED) is 0.684. The predicted octanol–water partition coefficient (Wildman–Crippen LogP) is 4.40. The maximum absolute atomic E-state index is 5.80. The van der Waals surface area contributed by atoms with Crippen molar-refractivity contribution in [2.45, 2.75) is 19.8 Å². The van der Waals surface area contributed by atoms with Crippen LogP contribution in [0.4, 0.5) is 0 Å². The zero-order chi connectivity index (χ0) is 15.2. The van der Waals surface area contributed by atoms with Crippen LogP contribution in [0.1, 0.15) is 17.8 Å². The van der Waals surface area contributed by atoms with E-state index in [4.69, 9.17) is 4.74 Å². The molecule has 0 fully saturated rings. The van der Waals surface area contributed by atoms with Gasteiger partial charge in [0.25, 0.3) is 0 Å². The van der Waals surface area contributed by atoms with E-state index in [2.05, 4.69) is 46.4 Å². The molecule has 3 heteroatoms. The van der Waals surface area contributed by atoms with Gasteiger partial charge in [-0.25, -0.2) is 4.98 Å². The van der Waals surface area contributed by atoms with Crippen LogP contribution in [0.2, 0.25) is 0 Å². The van der Waals surface area contributed by atoms with Crippen molar-refractivity contribution < 1.29 is 4.74 Å². The van der Waals surface area contributed by atoms with E-state index < -0.39 is 0 Å². The van der Waals surface area contributed by atoms with Gasteiger partial charge in [-0.15, -0.1) is 0 Å². The van der Waals surface area contributed by atoms with Gasteiger partial charge in [-0.2, -0.15) is 0 Å². The van der Waals surface area contributed by atoms with Crippen molar-refractivity contribution in [3.8, 4) is 16.9 Å². The third-order valence-corrected chi connectivity index (χ3v) is 3.72. The standard InChI is InChI=1S/C19H20N2O/c1-15-19(21-14-20-15)8-5-13-22-18-11-9-17(10-12-18)16-6-3-2-4-7-16/h2-4,6-7,9-12,14H,5,8,13H2,1H3,(H,20,21). The van der Waals surface area contributed by atoms with E-state index in [1.165, 1.54) is 11.1 Å². The fraction of sp³-hybridized carbons (Fsp3) is 0.211. The van der Waals surface area contributed by atoms with E-state index in [9.17, 15) is 0 Å². The minimum absolute atomic E-state index is 0.705. The third-order valence-electron chi connectivity index (χ3n) is 3.72. The summed E-state index contributed by atoms with van der Waals surface area (Å²) < 4.78 is 5.80. The summed E-state index contributed by atoms with van der Waals surface area (Å²) in [6.45, 7) is 2.75. The van der Waals surface area contributed by atoms with Crippen LogP contribution in [0.5, 0.6) is 5.75 Å². The Hall–Kier alpha value is -2.55. The lowest BCUT2D eigenvalue weighted by Crippen LogP contribution is -2.00. The second kappa shape index (κ2) is 6.94. The number of hydrogen-bond donors (Lipinski definition) is 1. The number of hydrogen-bond acceptors (Lipinski definition) is 2. The van der Waals surface area contributed by atoms with Gasteiger partial charge in [-0.1, -0.05) is 42.5 Å². The van der Waals surface area contributed by atoms with Gasteiger partial charge in [0.05, 0.1) is 18.6 Å². The molecule has 0 amide bonds. The number of aromatic nitrogens is 2. The van der Waals surface area contributed by atoms with Crippen molar-refractivity contribution in [3.63, 3.8) is 0 Å². The number of imidazole rings is 1. The van der Waals surface area contributed by atoms with Crippen molar-refractivity contribution in [3.05, 3.63) is 72.3 Å². The number of rotatable bonds is 6. The van der Waals surface area contributed by atoms with Gasteiger partial charge in [0.1, 0.15) is 5.75 Å². The summed E-state index contributed by atoms with van der Waals surface area (Å²) in [7, 11) is 0. The fourth-order valence-electron chi connectivity index (χ4n) is 2.44. The maximum atomic E-state index is 5.80. The maximum Gasteiger partial charge on any atom is 0.119 e. The molecule has 0 spiro atoms. The fourth-order valence-corrected chi connectivity index (χ4v) is 2.44. The molecule has 0 radical (unpaired) electrons. The van der Waals surface area contributed by atoms with Gasteiger partial charge in [0, 0.05) is 5.69 Å². The Balaban J connectivity index is 1.50. The monoisotopic (exact) mass is 292 g/mol. The van der Waals surface area contributed by atoms with Crippen molar-refractivity contribution in [1.82, 2.24) is 9.97 Å². The number of ether oxygens (including phenoxy) is 1. The van der Waals surface area contributed by atoms with Crippen LogP contribution in [0.3, 0.4) is 0 Å². The number of nitrogens with one attached hydrogen (secondary N) is 1. The molecule has 0 aliphatic carbocycles. The second-order valence-electron chi connectivity index (χ2n) is 5.32. The summed E-state index contributed by atoms with van der Waals surface area (Å²) in [5, 5.41) is 0. The Kier molecular flexibility index (Phi) is 4.54. The minimum Gasteiger partial charge on any atom is -0.494 e. The summed E-state index contributed by atoms with van der Waals surface area (Å²) in [5.74, 6) is 0.915. The third kappa shape index (κ3) is 3.55. The van der Waals surface area contributed by atoms with E-state index in [1.807, 2.05) is 25.1 Å². The lowest BCUT2D eigenvalue weighted by atomic mass is 10.1. The summed E-state index contributed by atoms with van der Waals surface area (Å²) in [6.07, 6.45) is 3.65. The number of aromatic amines is 1. The zero-order valence-electron chi connectivity index (χ0n) is 12.8. The highest BCUT2D eigenvalue weighted by Gasteiger charge is 2.01. The Labute approximate surface area is 131 Å². The summed E-state index contributed by atoms with van der Waals surface area (Å²) in [4.78, 5) is 7.39. The summed E-state index contributed by atoms with van der Waals surface area (Å²) >= 11 is 0. The highest BCUT2D eigenvalue weighted by atomic mass is 16.5. The van der Waals surface area contributed by atoms with Gasteiger partial charge < -0.3 is 9.72 Å². The Bertz CT molecular complexity index is 702. The van der Waals surface area contributed by atoms with E-state index in [0.717, 1.165) is 30.0 Å². The van der Waals surface area contributed by atoms with Crippen LogP contribution < -0.4 is 4.74 Å². The van der Waals surface area contributed by atoms with Gasteiger partial charge in [-0.05, 0) is 43.0 Å². The SMILES string of the molecule is Cc1[nH]cnc1CCCOc1ccc(-c2ccccc2)cc1. The Morgan fingerprint density at radius 1 is 0.955 bits per heavy atom. The van der Waals surface area contributed by atoms with E-state index >= 15 is 0 Å². The van der Waals surface area contributed by atoms with Gasteiger partial charge in [-0.3, -0.25) is 0 Å². The number of H-pyrrole nitrogens is 1. The van der Waals surface area contributed by atoms with Gasteiger partial charge >= 0.3 is 0 Å². The summed E-state index contributed by atoms with van der Waals surface area (Å²) in [5.41, 5.74) is 4.71. The average Bonchev–Trinajstić information content (AvgIpc) is 2.98. The van der Waals surface area contributed by atoms with Gasteiger partial charge in [0.15, 0.2) is 0 Å². The molecule has 3 nitrogen and oxygen atoms in total. The van der Waals surface area contributed by atoms with E-state index in [1.54, 1.807) is 6.33 Å². The van der Waals surface area contributed by atoms with Crippen LogP contribution >= 0.6 is 0 Å². The Morgan fingerprint density at radius 2 is 1.68 bits per heavy atom. The lowest BCUT2D eigenvalue weighted by Gasteiger charge is -2.07. The zero-order valence-corrected chi connectivity index (χ0v) is 12.8. The first-order chi connectivity index (χ1) is 10.8. The molecule has 0 atom stereocenters. The Morgan fingerprint density at radius 3 is 2.36 bits per heavy atom. The molecule has 0 aliphatic rings. The topological polar surface area (TPSA) is 37.9 Å². The number of benzene rings is 2. The van der Waals surface area contributed by atoms with Gasteiger partial charge in [0.2, 0.25) is 0 Å². The molecule has 0 aliphatic heterocycles. The number of aryl methyl sites for hydroxylation is 2. The molecule has 0 saturated heterocycles. The van der Waals surface area contributed by atoms with Crippen LogP contribution in [0.15, 0.2) is 60.9 Å². The summed E-state index contributed by atoms with van der Waals surface area (Å²) in [6, 6.07) is 18.6. The van der Waals surface area contributed by atoms with Crippen LogP contribution in [0.25, 0.3) is 11.1 Å². The van der Waals surface area contributed by atoms with Crippen molar-refractivity contribution in [1.29, 1.82) is 0 Å². The first-order valence-corrected chi connectivity index (χ1v) is 7.60. The molecule has 0 bridgehead atoms. The van der Waals surface area contributed by atoms with E-state index in [-0.39, 0.29) is 0 Å². The molecule has 3 aromatic rings. The smallest absolute Gasteiger partial charge is 0.119 e. The first kappa shape index (κ1) is 14.4. The highest BCUT2D eigenvalue weighted by Crippen LogP contribution is 2.22. The molecular formula is C19H20N2O. The van der Waals surface area contributed by atoms with Crippen LogP contribution in [-0.4, -0.2) is 16.6 Å².